The predicted molar refractivity (Wildman–Crippen MR) is 176 cm³/mol. The van der Waals surface area contributed by atoms with Crippen molar-refractivity contribution < 1.29 is 13.9 Å². The molecule has 0 unspecified atom stereocenters. The molecule has 1 aromatic heterocycles. The lowest BCUT2D eigenvalue weighted by atomic mass is 9.95. The van der Waals surface area contributed by atoms with Crippen LogP contribution >= 0.6 is 15.9 Å². The summed E-state index contributed by atoms with van der Waals surface area (Å²) in [5.41, 5.74) is 3.20. The third-order valence-corrected chi connectivity index (χ3v) is 10.7. The molecule has 45 heavy (non-hydrogen) atoms. The van der Waals surface area contributed by atoms with Crippen molar-refractivity contribution in [2.24, 2.45) is 0 Å². The standard InChI is InChI=1S/C34H37BrFN7O2/c1-23(36)32(44)43-18-17-41(20-25(43)19-37-2)31-26-11-16-40(29-10-4-8-24-7-3-9-27(35)30(24)29)21-28(26)38-33(39-31)45-22-34-12-5-14-42(34)15-6-13-34/h3-4,7-10,25H,1,5-6,11-22H2/t25-/m0/s1. The molecular weight excluding hydrogens is 637 g/mol. The first-order chi connectivity index (χ1) is 21.9. The molecule has 3 aromatic rings. The molecule has 4 aliphatic heterocycles. The Labute approximate surface area is 271 Å². The van der Waals surface area contributed by atoms with Gasteiger partial charge in [0.15, 0.2) is 5.83 Å². The SMILES string of the molecule is [C-]#[N+]C[C@H]1CN(c2nc(OCC34CCCN3CCC4)nc3c2CCN(c2cccc4cccc(Br)c24)C3)CCN1C(=O)C(=C)F. The van der Waals surface area contributed by atoms with E-state index in [0.717, 1.165) is 66.1 Å². The lowest BCUT2D eigenvalue weighted by Gasteiger charge is -2.41. The van der Waals surface area contributed by atoms with Crippen LogP contribution in [0.1, 0.15) is 36.9 Å². The van der Waals surface area contributed by atoms with Gasteiger partial charge in [0.2, 0.25) is 6.54 Å². The zero-order valence-corrected chi connectivity index (χ0v) is 26.9. The summed E-state index contributed by atoms with van der Waals surface area (Å²) in [5.74, 6) is -0.950. The molecule has 0 bridgehead atoms. The zero-order chi connectivity index (χ0) is 31.1. The molecule has 1 atom stereocenters. The number of piperazine rings is 1. The quantitative estimate of drug-likeness (QED) is 0.246. The number of fused-ring (bicyclic) bond motifs is 3. The second-order valence-electron chi connectivity index (χ2n) is 12.6. The molecule has 7 rings (SSSR count). The Morgan fingerprint density at radius 2 is 1.87 bits per heavy atom. The summed E-state index contributed by atoms with van der Waals surface area (Å²) in [6.07, 6.45) is 5.36. The molecule has 5 heterocycles. The smallest absolute Gasteiger partial charge is 0.318 e. The summed E-state index contributed by atoms with van der Waals surface area (Å²) in [6.45, 7) is 16.1. The van der Waals surface area contributed by atoms with Crippen LogP contribution in [0, 0.1) is 6.57 Å². The number of amides is 1. The zero-order valence-electron chi connectivity index (χ0n) is 25.4. The number of anilines is 2. The molecule has 3 saturated heterocycles. The average molecular weight is 675 g/mol. The van der Waals surface area contributed by atoms with E-state index in [1.165, 1.54) is 28.5 Å². The van der Waals surface area contributed by atoms with E-state index in [1.807, 2.05) is 0 Å². The van der Waals surface area contributed by atoms with Gasteiger partial charge >= 0.3 is 6.01 Å². The van der Waals surface area contributed by atoms with Crippen LogP contribution in [-0.4, -0.2) is 89.7 Å². The molecule has 4 aliphatic rings. The number of nitrogens with zero attached hydrogens (tertiary/aromatic N) is 7. The van der Waals surface area contributed by atoms with Gasteiger partial charge in [0.25, 0.3) is 5.91 Å². The molecule has 0 spiro atoms. The van der Waals surface area contributed by atoms with Crippen LogP contribution in [0.3, 0.4) is 0 Å². The maximum absolute atomic E-state index is 13.9. The van der Waals surface area contributed by atoms with Crippen molar-refractivity contribution in [2.75, 3.05) is 62.2 Å². The second-order valence-corrected chi connectivity index (χ2v) is 13.4. The minimum atomic E-state index is -0.999. The maximum Gasteiger partial charge on any atom is 0.318 e. The van der Waals surface area contributed by atoms with E-state index in [2.05, 4.69) is 78.5 Å². The van der Waals surface area contributed by atoms with Crippen molar-refractivity contribution in [3.05, 3.63) is 76.0 Å². The highest BCUT2D eigenvalue weighted by Gasteiger charge is 2.45. The van der Waals surface area contributed by atoms with Gasteiger partial charge in [-0.05, 0) is 62.7 Å². The number of benzene rings is 2. The third kappa shape index (κ3) is 5.52. The predicted octanol–water partition coefficient (Wildman–Crippen LogP) is 5.38. The Kier molecular flexibility index (Phi) is 8.12. The van der Waals surface area contributed by atoms with Gasteiger partial charge in [-0.2, -0.15) is 9.97 Å². The van der Waals surface area contributed by atoms with Gasteiger partial charge in [-0.25, -0.2) is 11.0 Å². The number of aromatic nitrogens is 2. The fraction of sp³-hybridized carbons (Fsp3) is 0.471. The Balaban J connectivity index is 1.23. The first-order valence-electron chi connectivity index (χ1n) is 15.8. The van der Waals surface area contributed by atoms with E-state index in [0.29, 0.717) is 32.3 Å². The summed E-state index contributed by atoms with van der Waals surface area (Å²) in [4.78, 5) is 34.7. The lowest BCUT2D eigenvalue weighted by molar-refractivity contribution is -0.131. The van der Waals surface area contributed by atoms with E-state index in [4.69, 9.17) is 21.3 Å². The largest absolute Gasteiger partial charge is 0.461 e. The van der Waals surface area contributed by atoms with Gasteiger partial charge in [-0.15, -0.1) is 0 Å². The van der Waals surface area contributed by atoms with E-state index < -0.39 is 17.8 Å². The highest BCUT2D eigenvalue weighted by atomic mass is 79.9. The average Bonchev–Trinajstić information content (AvgIpc) is 3.63. The number of halogens is 2. The molecule has 9 nitrogen and oxygen atoms in total. The number of rotatable bonds is 7. The van der Waals surface area contributed by atoms with Crippen LogP contribution in [0.15, 0.2) is 53.3 Å². The molecule has 0 radical (unpaired) electrons. The van der Waals surface area contributed by atoms with E-state index in [-0.39, 0.29) is 18.6 Å². The van der Waals surface area contributed by atoms with Crippen molar-refractivity contribution in [1.29, 1.82) is 0 Å². The van der Waals surface area contributed by atoms with E-state index >= 15 is 0 Å². The maximum atomic E-state index is 13.9. The molecule has 0 N–H and O–H groups in total. The fourth-order valence-electron chi connectivity index (χ4n) is 7.85. The summed E-state index contributed by atoms with van der Waals surface area (Å²) in [6, 6.07) is 12.5. The van der Waals surface area contributed by atoms with Crippen molar-refractivity contribution >= 4 is 44.1 Å². The van der Waals surface area contributed by atoms with Gasteiger partial charge < -0.3 is 24.3 Å². The summed E-state index contributed by atoms with van der Waals surface area (Å²) in [5, 5.41) is 2.35. The van der Waals surface area contributed by atoms with Crippen molar-refractivity contribution in [3.8, 4) is 6.01 Å². The van der Waals surface area contributed by atoms with Gasteiger partial charge in [-0.3, -0.25) is 9.69 Å². The fourth-order valence-corrected chi connectivity index (χ4v) is 8.44. The molecule has 3 fully saturated rings. The second kappa shape index (κ2) is 12.2. The first kappa shape index (κ1) is 29.9. The summed E-state index contributed by atoms with van der Waals surface area (Å²) < 4.78 is 21.4. The van der Waals surface area contributed by atoms with Crippen molar-refractivity contribution in [3.63, 3.8) is 0 Å². The Morgan fingerprint density at radius 1 is 1.09 bits per heavy atom. The molecule has 2 aromatic carbocycles. The Bertz CT molecular complexity index is 1680. The van der Waals surface area contributed by atoms with Crippen LogP contribution in [0.2, 0.25) is 0 Å². The monoisotopic (exact) mass is 673 g/mol. The van der Waals surface area contributed by atoms with Crippen LogP contribution in [0.4, 0.5) is 15.9 Å². The number of carbonyl (C=O) groups excluding carboxylic acids is 1. The molecule has 1 amide bonds. The normalized spacial score (nSPS) is 21.0. The third-order valence-electron chi connectivity index (χ3n) is 10.1. The van der Waals surface area contributed by atoms with E-state index in [9.17, 15) is 9.18 Å². The van der Waals surface area contributed by atoms with Gasteiger partial charge in [0, 0.05) is 47.3 Å². The van der Waals surface area contributed by atoms with Crippen LogP contribution < -0.4 is 14.5 Å². The topological polar surface area (TPSA) is 69.4 Å². The molecular formula is C34H37BrFN7O2. The molecule has 0 aliphatic carbocycles. The molecule has 11 heteroatoms. The van der Waals surface area contributed by atoms with E-state index in [1.54, 1.807) is 0 Å². The molecule has 234 valence electrons. The molecule has 0 saturated carbocycles. The highest BCUT2D eigenvalue weighted by molar-refractivity contribution is 9.10. The summed E-state index contributed by atoms with van der Waals surface area (Å²) >= 11 is 3.78. The van der Waals surface area contributed by atoms with Crippen molar-refractivity contribution in [2.45, 2.75) is 50.2 Å². The lowest BCUT2D eigenvalue weighted by Crippen LogP contribution is -2.57. The van der Waals surface area contributed by atoms with Crippen LogP contribution in [-0.2, 0) is 17.8 Å². The number of ether oxygens (including phenoxy) is 1. The summed E-state index contributed by atoms with van der Waals surface area (Å²) in [7, 11) is 0. The minimum absolute atomic E-state index is 0.0577. The number of hydrogen-bond donors (Lipinski definition) is 0. The van der Waals surface area contributed by atoms with Gasteiger partial charge in [0.1, 0.15) is 18.5 Å². The van der Waals surface area contributed by atoms with Gasteiger partial charge in [-0.1, -0.05) is 46.8 Å². The Hall–Kier alpha value is -3.75. The number of carbonyl (C=O) groups is 1. The first-order valence-corrected chi connectivity index (χ1v) is 16.6. The Morgan fingerprint density at radius 3 is 2.62 bits per heavy atom. The van der Waals surface area contributed by atoms with Crippen LogP contribution in [0.25, 0.3) is 15.6 Å². The van der Waals surface area contributed by atoms with Gasteiger partial charge in [0.05, 0.1) is 17.8 Å². The minimum Gasteiger partial charge on any atom is -0.461 e. The number of hydrogen-bond acceptors (Lipinski definition) is 7. The van der Waals surface area contributed by atoms with Crippen LogP contribution in [0.5, 0.6) is 6.01 Å². The van der Waals surface area contributed by atoms with Crippen molar-refractivity contribution in [1.82, 2.24) is 19.8 Å². The highest BCUT2D eigenvalue weighted by Crippen LogP contribution is 2.40.